The summed E-state index contributed by atoms with van der Waals surface area (Å²) in [6.45, 7) is 7.54. The first-order valence-electron chi connectivity index (χ1n) is 11.4. The van der Waals surface area contributed by atoms with E-state index < -0.39 is 0 Å². The quantitative estimate of drug-likeness (QED) is 0.491. The molecule has 0 bridgehead atoms. The fourth-order valence-electron chi connectivity index (χ4n) is 4.30. The smallest absolute Gasteiger partial charge is 0.256 e. The minimum atomic E-state index is -0.150. The first kappa shape index (κ1) is 21.1. The van der Waals surface area contributed by atoms with Crippen molar-refractivity contribution < 1.29 is 4.79 Å². The second-order valence-corrected chi connectivity index (χ2v) is 8.24. The van der Waals surface area contributed by atoms with Gasteiger partial charge in [0.25, 0.3) is 5.91 Å². The third kappa shape index (κ3) is 4.56. The Bertz CT molecular complexity index is 1250. The number of aromatic nitrogens is 2. The lowest BCUT2D eigenvalue weighted by atomic mass is 10.0. The highest BCUT2D eigenvalue weighted by Crippen LogP contribution is 2.26. The number of likely N-dealkylation sites (N-methyl/N-ethyl adjacent to an activating group) is 1. The third-order valence-corrected chi connectivity index (χ3v) is 6.23. The van der Waals surface area contributed by atoms with E-state index >= 15 is 0 Å². The summed E-state index contributed by atoms with van der Waals surface area (Å²) in [5.74, 6) is -0.150. The van der Waals surface area contributed by atoms with Crippen molar-refractivity contribution in [2.24, 2.45) is 0 Å². The monoisotopic (exact) mass is 437 g/mol. The highest BCUT2D eigenvalue weighted by Gasteiger charge is 2.17. The topological polar surface area (TPSA) is 61.4 Å². The molecule has 0 saturated carbocycles. The van der Waals surface area contributed by atoms with E-state index in [9.17, 15) is 4.79 Å². The molecule has 3 heterocycles. The van der Waals surface area contributed by atoms with Crippen molar-refractivity contribution in [2.45, 2.75) is 6.92 Å². The molecular formula is C27H27N5O. The number of pyridine rings is 2. The molecule has 0 spiro atoms. The fraction of sp³-hybridized carbons (Fsp3) is 0.222. The second kappa shape index (κ2) is 9.38. The minimum absolute atomic E-state index is 0.150. The summed E-state index contributed by atoms with van der Waals surface area (Å²) in [6.07, 6.45) is 3.49. The van der Waals surface area contributed by atoms with Crippen LogP contribution >= 0.6 is 0 Å². The molecule has 0 aliphatic carbocycles. The molecule has 0 unspecified atom stereocenters. The van der Waals surface area contributed by atoms with Crippen LogP contribution in [0.5, 0.6) is 0 Å². The van der Waals surface area contributed by atoms with Gasteiger partial charge in [-0.25, -0.2) is 4.98 Å². The van der Waals surface area contributed by atoms with Crippen LogP contribution in [0.3, 0.4) is 0 Å². The number of amides is 1. The van der Waals surface area contributed by atoms with Crippen LogP contribution in [0.25, 0.3) is 22.2 Å². The lowest BCUT2D eigenvalue weighted by Crippen LogP contribution is -2.46. The first-order valence-corrected chi connectivity index (χ1v) is 11.4. The number of piperazine rings is 1. The summed E-state index contributed by atoms with van der Waals surface area (Å²) in [6, 6.07) is 21.5. The van der Waals surface area contributed by atoms with Gasteiger partial charge in [-0.2, -0.15) is 0 Å². The number of nitrogens with one attached hydrogen (secondary N) is 1. The normalized spacial score (nSPS) is 14.4. The molecule has 5 rings (SSSR count). The van der Waals surface area contributed by atoms with Crippen molar-refractivity contribution in [3.63, 3.8) is 0 Å². The van der Waals surface area contributed by atoms with Gasteiger partial charge in [0, 0.05) is 60.9 Å². The summed E-state index contributed by atoms with van der Waals surface area (Å²) < 4.78 is 0. The van der Waals surface area contributed by atoms with Crippen molar-refractivity contribution in [3.05, 3.63) is 84.7 Å². The maximum absolute atomic E-state index is 13.3. The van der Waals surface area contributed by atoms with E-state index in [-0.39, 0.29) is 5.91 Å². The van der Waals surface area contributed by atoms with Crippen LogP contribution < -0.4 is 10.2 Å². The number of rotatable bonds is 5. The van der Waals surface area contributed by atoms with Crippen LogP contribution in [0.1, 0.15) is 17.3 Å². The zero-order chi connectivity index (χ0) is 22.6. The maximum atomic E-state index is 13.3. The molecule has 6 heteroatoms. The number of fused-ring (bicyclic) bond motifs is 1. The van der Waals surface area contributed by atoms with Gasteiger partial charge in [0.2, 0.25) is 0 Å². The number of hydrogen-bond donors (Lipinski definition) is 1. The number of carbonyl (C=O) groups excluding carboxylic acids is 1. The van der Waals surface area contributed by atoms with E-state index in [1.807, 2.05) is 54.6 Å². The molecule has 0 radical (unpaired) electrons. The molecule has 1 fully saturated rings. The Labute approximate surface area is 193 Å². The standard InChI is InChI=1S/C27H27N5O/c1-2-31-14-16-32(17-15-31)22-11-9-21(10-12-22)29-27(33)24-18-26(20-6-5-13-28-19-20)30-25-8-4-3-7-23(24)25/h3-13,18-19H,2,14-17H2,1H3,(H,29,33). The summed E-state index contributed by atoms with van der Waals surface area (Å²) in [5, 5.41) is 3.89. The van der Waals surface area contributed by atoms with Gasteiger partial charge >= 0.3 is 0 Å². The average Bonchev–Trinajstić information content (AvgIpc) is 2.89. The molecule has 166 valence electrons. The molecular weight excluding hydrogens is 410 g/mol. The molecule has 2 aromatic heterocycles. The Morgan fingerprint density at radius 2 is 1.76 bits per heavy atom. The fourth-order valence-corrected chi connectivity index (χ4v) is 4.30. The predicted molar refractivity (Wildman–Crippen MR) is 134 cm³/mol. The Morgan fingerprint density at radius 3 is 2.48 bits per heavy atom. The number of nitrogens with zero attached hydrogens (tertiary/aromatic N) is 4. The SMILES string of the molecule is CCN1CCN(c2ccc(NC(=O)c3cc(-c4cccnc4)nc4ccccc34)cc2)CC1. The van der Waals surface area contributed by atoms with Gasteiger partial charge in [0.1, 0.15) is 0 Å². The summed E-state index contributed by atoms with van der Waals surface area (Å²) in [7, 11) is 0. The molecule has 0 atom stereocenters. The van der Waals surface area contributed by atoms with Crippen LogP contribution in [-0.2, 0) is 0 Å². The van der Waals surface area contributed by atoms with Gasteiger partial charge in [0.05, 0.1) is 16.8 Å². The summed E-state index contributed by atoms with van der Waals surface area (Å²) in [5.41, 5.74) is 4.96. The first-order chi connectivity index (χ1) is 16.2. The molecule has 1 aliphatic heterocycles. The van der Waals surface area contributed by atoms with Gasteiger partial charge in [-0.05, 0) is 55.1 Å². The predicted octanol–water partition coefficient (Wildman–Crippen LogP) is 4.69. The van der Waals surface area contributed by atoms with E-state index in [1.165, 1.54) is 5.69 Å². The van der Waals surface area contributed by atoms with Crippen LogP contribution in [-0.4, -0.2) is 53.5 Å². The molecule has 4 aromatic rings. The van der Waals surface area contributed by atoms with Crippen LogP contribution in [0, 0.1) is 0 Å². The average molecular weight is 438 g/mol. The van der Waals surface area contributed by atoms with E-state index in [0.29, 0.717) is 5.56 Å². The van der Waals surface area contributed by atoms with Gasteiger partial charge in [-0.3, -0.25) is 9.78 Å². The Hall–Kier alpha value is -3.77. The zero-order valence-electron chi connectivity index (χ0n) is 18.7. The summed E-state index contributed by atoms with van der Waals surface area (Å²) in [4.78, 5) is 27.1. The Balaban J connectivity index is 1.38. The van der Waals surface area contributed by atoms with Crippen LogP contribution in [0.2, 0.25) is 0 Å². The molecule has 1 aliphatic rings. The molecule has 33 heavy (non-hydrogen) atoms. The van der Waals surface area contributed by atoms with Gasteiger partial charge in [-0.1, -0.05) is 25.1 Å². The summed E-state index contributed by atoms with van der Waals surface area (Å²) >= 11 is 0. The van der Waals surface area contributed by atoms with E-state index in [4.69, 9.17) is 4.98 Å². The Morgan fingerprint density at radius 1 is 0.970 bits per heavy atom. The number of para-hydroxylation sites is 1. The Kier molecular flexibility index (Phi) is 6.00. The van der Waals surface area contributed by atoms with Crippen molar-refractivity contribution in [1.29, 1.82) is 0 Å². The minimum Gasteiger partial charge on any atom is -0.369 e. The van der Waals surface area contributed by atoms with Crippen molar-refractivity contribution in [3.8, 4) is 11.3 Å². The highest BCUT2D eigenvalue weighted by atomic mass is 16.1. The molecule has 6 nitrogen and oxygen atoms in total. The van der Waals surface area contributed by atoms with Crippen molar-refractivity contribution >= 4 is 28.2 Å². The largest absolute Gasteiger partial charge is 0.369 e. The second-order valence-electron chi connectivity index (χ2n) is 8.24. The number of anilines is 2. The number of benzene rings is 2. The van der Waals surface area contributed by atoms with E-state index in [0.717, 1.165) is 60.6 Å². The van der Waals surface area contributed by atoms with Gasteiger partial charge in [0.15, 0.2) is 0 Å². The highest BCUT2D eigenvalue weighted by molar-refractivity contribution is 6.13. The zero-order valence-corrected chi connectivity index (χ0v) is 18.7. The van der Waals surface area contributed by atoms with Crippen molar-refractivity contribution in [2.75, 3.05) is 42.9 Å². The van der Waals surface area contributed by atoms with E-state index in [2.05, 4.69) is 39.2 Å². The molecule has 1 N–H and O–H groups in total. The van der Waals surface area contributed by atoms with Gasteiger partial charge in [-0.15, -0.1) is 0 Å². The van der Waals surface area contributed by atoms with Crippen LogP contribution in [0.15, 0.2) is 79.1 Å². The maximum Gasteiger partial charge on any atom is 0.256 e. The number of carbonyl (C=O) groups is 1. The molecule has 1 amide bonds. The van der Waals surface area contributed by atoms with E-state index in [1.54, 1.807) is 12.4 Å². The molecule has 2 aromatic carbocycles. The molecule has 1 saturated heterocycles. The lowest BCUT2D eigenvalue weighted by Gasteiger charge is -2.35. The number of hydrogen-bond acceptors (Lipinski definition) is 5. The van der Waals surface area contributed by atoms with Crippen LogP contribution in [0.4, 0.5) is 11.4 Å². The van der Waals surface area contributed by atoms with Gasteiger partial charge < -0.3 is 15.1 Å². The van der Waals surface area contributed by atoms with Crippen molar-refractivity contribution in [1.82, 2.24) is 14.9 Å². The lowest BCUT2D eigenvalue weighted by molar-refractivity contribution is 0.102. The third-order valence-electron chi connectivity index (χ3n) is 6.23.